The molecule has 4 heteroatoms. The Morgan fingerprint density at radius 3 is 2.72 bits per heavy atom. The normalized spacial score (nSPS) is 23.0. The molecule has 1 aromatic rings. The molecule has 3 nitrogen and oxygen atoms in total. The first-order valence-corrected chi connectivity index (χ1v) is 7.22. The molecule has 2 atom stereocenters. The van der Waals surface area contributed by atoms with E-state index < -0.39 is 0 Å². The third-order valence-corrected chi connectivity index (χ3v) is 4.21. The lowest BCUT2D eigenvalue weighted by molar-refractivity contribution is -0.126. The van der Waals surface area contributed by atoms with Gasteiger partial charge in [-0.25, -0.2) is 0 Å². The molecule has 0 spiro atoms. The molecule has 1 aliphatic rings. The Kier molecular flexibility index (Phi) is 4.78. The first kappa shape index (κ1) is 13.6. The number of rotatable bonds is 4. The highest BCUT2D eigenvalue weighted by molar-refractivity contribution is 9.10. The maximum absolute atomic E-state index is 12.1. The Morgan fingerprint density at radius 2 is 2.06 bits per heavy atom. The number of nitrogens with two attached hydrogens (primary N) is 1. The Labute approximate surface area is 116 Å². The molecule has 0 aromatic heterocycles. The van der Waals surface area contributed by atoms with Crippen molar-refractivity contribution in [3.05, 3.63) is 34.3 Å². The summed E-state index contributed by atoms with van der Waals surface area (Å²) < 4.78 is 1.05. The first-order chi connectivity index (χ1) is 8.70. The molecule has 1 amide bonds. The van der Waals surface area contributed by atoms with Crippen LogP contribution in [-0.2, 0) is 11.3 Å². The predicted octanol–water partition coefficient (Wildman–Crippen LogP) is 2.44. The van der Waals surface area contributed by atoms with Crippen LogP contribution in [0.15, 0.2) is 28.7 Å². The van der Waals surface area contributed by atoms with Crippen molar-refractivity contribution in [1.29, 1.82) is 0 Å². The molecule has 3 N–H and O–H groups in total. The van der Waals surface area contributed by atoms with Crippen LogP contribution in [0.3, 0.4) is 0 Å². The Balaban J connectivity index is 1.86. The zero-order valence-corrected chi connectivity index (χ0v) is 11.9. The molecule has 1 aliphatic carbocycles. The van der Waals surface area contributed by atoms with Crippen molar-refractivity contribution < 1.29 is 4.79 Å². The zero-order valence-electron chi connectivity index (χ0n) is 10.4. The minimum absolute atomic E-state index is 0.116. The van der Waals surface area contributed by atoms with Gasteiger partial charge in [-0.3, -0.25) is 4.79 Å². The van der Waals surface area contributed by atoms with Crippen LogP contribution >= 0.6 is 15.9 Å². The van der Waals surface area contributed by atoms with E-state index in [-0.39, 0.29) is 11.8 Å². The number of nitrogens with one attached hydrogen (secondary N) is 1. The Hall–Kier alpha value is -0.870. The van der Waals surface area contributed by atoms with E-state index in [9.17, 15) is 4.79 Å². The summed E-state index contributed by atoms with van der Waals surface area (Å²) in [7, 11) is 0. The maximum Gasteiger partial charge on any atom is 0.223 e. The van der Waals surface area contributed by atoms with Crippen molar-refractivity contribution in [2.75, 3.05) is 6.54 Å². The average molecular weight is 311 g/mol. The topological polar surface area (TPSA) is 55.1 Å². The van der Waals surface area contributed by atoms with Gasteiger partial charge in [0, 0.05) is 16.9 Å². The van der Waals surface area contributed by atoms with Crippen LogP contribution in [0.25, 0.3) is 0 Å². The number of halogens is 1. The minimum Gasteiger partial charge on any atom is -0.352 e. The van der Waals surface area contributed by atoms with Gasteiger partial charge in [0.1, 0.15) is 0 Å². The van der Waals surface area contributed by atoms with E-state index in [1.807, 2.05) is 24.3 Å². The van der Waals surface area contributed by atoms with Gasteiger partial charge in [-0.15, -0.1) is 0 Å². The number of carbonyl (C=O) groups is 1. The lowest BCUT2D eigenvalue weighted by Crippen LogP contribution is -2.34. The molecule has 18 heavy (non-hydrogen) atoms. The van der Waals surface area contributed by atoms with Crippen LogP contribution < -0.4 is 11.1 Å². The number of amides is 1. The fourth-order valence-electron chi connectivity index (χ4n) is 2.59. The second kappa shape index (κ2) is 6.34. The highest BCUT2D eigenvalue weighted by atomic mass is 79.9. The number of hydrogen-bond donors (Lipinski definition) is 2. The molecule has 2 unspecified atom stereocenters. The van der Waals surface area contributed by atoms with Gasteiger partial charge in [0.2, 0.25) is 5.91 Å². The van der Waals surface area contributed by atoms with Crippen molar-refractivity contribution in [1.82, 2.24) is 5.32 Å². The highest BCUT2D eigenvalue weighted by Crippen LogP contribution is 2.30. The zero-order chi connectivity index (χ0) is 13.0. The summed E-state index contributed by atoms with van der Waals surface area (Å²) in [5, 5.41) is 3.01. The predicted molar refractivity (Wildman–Crippen MR) is 75.9 cm³/mol. The summed E-state index contributed by atoms with van der Waals surface area (Å²) in [5.74, 6) is 0.645. The van der Waals surface area contributed by atoms with Gasteiger partial charge < -0.3 is 11.1 Å². The van der Waals surface area contributed by atoms with Crippen LogP contribution in [0.5, 0.6) is 0 Å². The molecular weight excluding hydrogens is 292 g/mol. The van der Waals surface area contributed by atoms with Gasteiger partial charge in [-0.05, 0) is 43.0 Å². The summed E-state index contributed by atoms with van der Waals surface area (Å²) >= 11 is 3.40. The third-order valence-electron chi connectivity index (χ3n) is 3.68. The monoisotopic (exact) mass is 310 g/mol. The van der Waals surface area contributed by atoms with Crippen molar-refractivity contribution >= 4 is 21.8 Å². The summed E-state index contributed by atoms with van der Waals surface area (Å²) in [4.78, 5) is 12.1. The molecule has 0 aliphatic heterocycles. The number of benzene rings is 1. The largest absolute Gasteiger partial charge is 0.352 e. The molecule has 1 saturated carbocycles. The maximum atomic E-state index is 12.1. The van der Waals surface area contributed by atoms with Crippen LogP contribution in [0.1, 0.15) is 24.8 Å². The van der Waals surface area contributed by atoms with Crippen molar-refractivity contribution in [2.45, 2.75) is 25.8 Å². The molecule has 2 rings (SSSR count). The molecule has 1 fully saturated rings. The Morgan fingerprint density at radius 1 is 1.33 bits per heavy atom. The smallest absolute Gasteiger partial charge is 0.223 e. The number of hydrogen-bond acceptors (Lipinski definition) is 2. The number of carbonyl (C=O) groups excluding carboxylic acids is 1. The van der Waals surface area contributed by atoms with Gasteiger partial charge in [-0.2, -0.15) is 0 Å². The van der Waals surface area contributed by atoms with E-state index in [2.05, 4.69) is 21.2 Å². The molecule has 0 bridgehead atoms. The second-order valence-corrected chi connectivity index (χ2v) is 5.79. The standard InChI is InChI=1S/C14H19BrN2O/c15-12-6-4-10(5-7-12)9-17-14(18)13-3-1-2-11(13)8-16/h4-7,11,13H,1-3,8-9,16H2,(H,17,18). The van der Waals surface area contributed by atoms with Gasteiger partial charge in [-0.1, -0.05) is 34.5 Å². The fraction of sp³-hybridized carbons (Fsp3) is 0.500. The summed E-state index contributed by atoms with van der Waals surface area (Å²) in [6.07, 6.45) is 3.19. The molecule has 0 saturated heterocycles. The second-order valence-electron chi connectivity index (χ2n) is 4.88. The fourth-order valence-corrected chi connectivity index (χ4v) is 2.85. The highest BCUT2D eigenvalue weighted by Gasteiger charge is 2.31. The van der Waals surface area contributed by atoms with Gasteiger partial charge >= 0.3 is 0 Å². The average Bonchev–Trinajstić information content (AvgIpc) is 2.86. The quantitative estimate of drug-likeness (QED) is 0.897. The van der Waals surface area contributed by atoms with E-state index in [0.717, 1.165) is 29.3 Å². The van der Waals surface area contributed by atoms with Crippen molar-refractivity contribution in [2.24, 2.45) is 17.6 Å². The first-order valence-electron chi connectivity index (χ1n) is 6.43. The van der Waals surface area contributed by atoms with Gasteiger partial charge in [0.05, 0.1) is 0 Å². The summed E-state index contributed by atoms with van der Waals surface area (Å²) in [6.45, 7) is 1.22. The van der Waals surface area contributed by atoms with Gasteiger partial charge in [0.25, 0.3) is 0 Å². The minimum atomic E-state index is 0.116. The molecule has 1 aromatic carbocycles. The molecule has 0 heterocycles. The van der Waals surface area contributed by atoms with Crippen molar-refractivity contribution in [3.8, 4) is 0 Å². The van der Waals surface area contributed by atoms with E-state index in [4.69, 9.17) is 5.73 Å². The Bertz CT molecular complexity index is 405. The van der Waals surface area contributed by atoms with E-state index in [1.54, 1.807) is 0 Å². The van der Waals surface area contributed by atoms with Crippen LogP contribution in [0.2, 0.25) is 0 Å². The van der Waals surface area contributed by atoms with Crippen molar-refractivity contribution in [3.63, 3.8) is 0 Å². The summed E-state index contributed by atoms with van der Waals surface area (Å²) in [5.41, 5.74) is 6.82. The SMILES string of the molecule is NCC1CCCC1C(=O)NCc1ccc(Br)cc1. The summed E-state index contributed by atoms with van der Waals surface area (Å²) in [6, 6.07) is 8.00. The third kappa shape index (κ3) is 3.33. The van der Waals surface area contributed by atoms with E-state index in [0.29, 0.717) is 19.0 Å². The molecular formula is C14H19BrN2O. The molecule has 0 radical (unpaired) electrons. The lowest BCUT2D eigenvalue weighted by Gasteiger charge is -2.17. The molecule has 98 valence electrons. The lowest BCUT2D eigenvalue weighted by atomic mass is 9.95. The van der Waals surface area contributed by atoms with Crippen LogP contribution in [0.4, 0.5) is 0 Å². The van der Waals surface area contributed by atoms with Crippen LogP contribution in [0, 0.1) is 11.8 Å². The van der Waals surface area contributed by atoms with Crippen LogP contribution in [-0.4, -0.2) is 12.5 Å². The van der Waals surface area contributed by atoms with E-state index >= 15 is 0 Å². The van der Waals surface area contributed by atoms with Gasteiger partial charge in [0.15, 0.2) is 0 Å². The van der Waals surface area contributed by atoms with E-state index in [1.165, 1.54) is 0 Å².